The number of aromatic nitrogens is 3. The first-order valence-corrected chi connectivity index (χ1v) is 10.8. The number of hydrogen-bond acceptors (Lipinski definition) is 4. The van der Waals surface area contributed by atoms with Gasteiger partial charge >= 0.3 is 0 Å². The van der Waals surface area contributed by atoms with E-state index in [0.717, 1.165) is 53.9 Å². The van der Waals surface area contributed by atoms with Crippen molar-refractivity contribution in [2.24, 2.45) is 0 Å². The van der Waals surface area contributed by atoms with Crippen molar-refractivity contribution in [3.63, 3.8) is 0 Å². The van der Waals surface area contributed by atoms with Gasteiger partial charge in [0, 0.05) is 37.4 Å². The normalized spacial score (nSPS) is 23.7. The molecule has 30 heavy (non-hydrogen) atoms. The van der Waals surface area contributed by atoms with Crippen molar-refractivity contribution in [3.8, 4) is 5.82 Å². The molecule has 6 nitrogen and oxygen atoms in total. The van der Waals surface area contributed by atoms with Gasteiger partial charge in [-0.3, -0.25) is 4.98 Å². The van der Waals surface area contributed by atoms with Crippen LogP contribution in [0.4, 0.5) is 0 Å². The minimum Gasteiger partial charge on any atom is -0.376 e. The Morgan fingerprint density at radius 2 is 2.10 bits per heavy atom. The third-order valence-electron chi connectivity index (χ3n) is 5.85. The first kappa shape index (κ1) is 19.2. The quantitative estimate of drug-likeness (QED) is 0.636. The number of rotatable bonds is 5. The summed E-state index contributed by atoms with van der Waals surface area (Å²) in [5.74, 6) is 0.898. The average Bonchev–Trinajstić information content (AvgIpc) is 3.51. The number of thiocarbonyl (C=S) groups is 1. The van der Waals surface area contributed by atoms with Gasteiger partial charge in [-0.15, -0.1) is 0 Å². The van der Waals surface area contributed by atoms with Crippen LogP contribution in [-0.2, 0) is 4.74 Å². The zero-order chi connectivity index (χ0) is 20.5. The zero-order valence-electron chi connectivity index (χ0n) is 16.9. The van der Waals surface area contributed by atoms with Crippen LogP contribution in [0, 0.1) is 6.92 Å². The molecule has 2 fully saturated rings. The molecule has 5 rings (SSSR count). The molecule has 2 aliphatic heterocycles. The maximum Gasteiger partial charge on any atom is 0.170 e. The van der Waals surface area contributed by atoms with Crippen LogP contribution < -0.4 is 5.32 Å². The molecule has 3 aromatic rings. The van der Waals surface area contributed by atoms with Crippen LogP contribution in [0.5, 0.6) is 0 Å². The molecule has 2 aliphatic rings. The Kier molecular flexibility index (Phi) is 5.23. The Balaban J connectivity index is 1.56. The van der Waals surface area contributed by atoms with Gasteiger partial charge in [0.05, 0.1) is 23.9 Å². The lowest BCUT2D eigenvalue weighted by atomic mass is 10.0. The number of aryl methyl sites for hydroxylation is 1. The Morgan fingerprint density at radius 3 is 2.83 bits per heavy atom. The maximum atomic E-state index is 5.93. The zero-order valence-corrected chi connectivity index (χ0v) is 17.8. The largest absolute Gasteiger partial charge is 0.376 e. The molecule has 154 valence electrons. The first-order chi connectivity index (χ1) is 14.7. The highest BCUT2D eigenvalue weighted by molar-refractivity contribution is 7.80. The number of nitrogens with one attached hydrogen (secondary N) is 1. The Bertz CT molecular complexity index is 1010. The van der Waals surface area contributed by atoms with Crippen molar-refractivity contribution < 1.29 is 4.74 Å². The molecule has 0 bridgehead atoms. The van der Waals surface area contributed by atoms with Crippen molar-refractivity contribution >= 4 is 17.3 Å². The van der Waals surface area contributed by atoms with Crippen LogP contribution in [0.2, 0.25) is 0 Å². The van der Waals surface area contributed by atoms with Gasteiger partial charge in [0.15, 0.2) is 5.11 Å². The second-order valence-electron chi connectivity index (χ2n) is 7.91. The van der Waals surface area contributed by atoms with E-state index in [9.17, 15) is 0 Å². The average molecular weight is 420 g/mol. The Morgan fingerprint density at radius 1 is 1.17 bits per heavy atom. The van der Waals surface area contributed by atoms with E-state index in [1.807, 2.05) is 31.5 Å². The first-order valence-electron chi connectivity index (χ1n) is 10.4. The number of hydrogen-bond donors (Lipinski definition) is 1. The summed E-state index contributed by atoms with van der Waals surface area (Å²) in [6.45, 7) is 3.65. The summed E-state index contributed by atoms with van der Waals surface area (Å²) in [4.78, 5) is 11.5. The van der Waals surface area contributed by atoms with Crippen LogP contribution in [0.3, 0.4) is 0 Å². The summed E-state index contributed by atoms with van der Waals surface area (Å²) in [6, 6.07) is 14.3. The van der Waals surface area contributed by atoms with E-state index in [1.54, 1.807) is 0 Å². The minimum atomic E-state index is -0.0424. The van der Waals surface area contributed by atoms with E-state index in [-0.39, 0.29) is 18.2 Å². The number of ether oxygens (including phenoxy) is 1. The van der Waals surface area contributed by atoms with E-state index >= 15 is 0 Å². The molecule has 5 heterocycles. The molecule has 7 heteroatoms. The molecule has 0 radical (unpaired) electrons. The summed E-state index contributed by atoms with van der Waals surface area (Å²) in [7, 11) is 0. The van der Waals surface area contributed by atoms with Crippen LogP contribution in [0.25, 0.3) is 5.82 Å². The second kappa shape index (κ2) is 8.16. The van der Waals surface area contributed by atoms with Crippen LogP contribution in [-0.4, -0.2) is 43.8 Å². The van der Waals surface area contributed by atoms with Gasteiger partial charge < -0.3 is 19.5 Å². The Labute approximate surface area is 181 Å². The maximum absolute atomic E-state index is 5.93. The molecule has 1 N–H and O–H groups in total. The van der Waals surface area contributed by atoms with Gasteiger partial charge in [0.1, 0.15) is 5.82 Å². The van der Waals surface area contributed by atoms with E-state index in [0.29, 0.717) is 0 Å². The fourth-order valence-corrected chi connectivity index (χ4v) is 4.69. The highest BCUT2D eigenvalue weighted by atomic mass is 32.1. The molecule has 0 aliphatic carbocycles. The fourth-order valence-electron chi connectivity index (χ4n) is 4.38. The van der Waals surface area contributed by atoms with Gasteiger partial charge in [-0.25, -0.2) is 4.98 Å². The van der Waals surface area contributed by atoms with Crippen molar-refractivity contribution in [1.29, 1.82) is 0 Å². The predicted octanol–water partition coefficient (Wildman–Crippen LogP) is 3.73. The second-order valence-corrected chi connectivity index (χ2v) is 8.30. The molecule has 3 aromatic heterocycles. The number of pyridine rings is 2. The van der Waals surface area contributed by atoms with Crippen molar-refractivity contribution in [2.75, 3.05) is 13.2 Å². The standard InChI is InChI=1S/C23H25N5OS/c1-16-9-10-20(25-14-16)27-12-4-8-19(27)22-21(18-7-2-3-11-24-18)26-23(30)28(22)15-17-6-5-13-29-17/h2-4,7-12,14,17,21-22H,5-6,13,15H2,1H3,(H,26,30)/t17-,21+,22-/m0/s1. The summed E-state index contributed by atoms with van der Waals surface area (Å²) in [5.41, 5.74) is 3.25. The van der Waals surface area contributed by atoms with Crippen LogP contribution in [0.1, 0.15) is 41.9 Å². The summed E-state index contributed by atoms with van der Waals surface area (Å²) in [6.07, 6.45) is 8.18. The smallest absolute Gasteiger partial charge is 0.170 e. The van der Waals surface area contributed by atoms with Crippen LogP contribution >= 0.6 is 12.2 Å². The molecule has 0 unspecified atom stereocenters. The van der Waals surface area contributed by atoms with Gasteiger partial charge in [-0.05, 0) is 67.9 Å². The highest BCUT2D eigenvalue weighted by Crippen LogP contribution is 2.40. The van der Waals surface area contributed by atoms with Gasteiger partial charge in [-0.1, -0.05) is 12.1 Å². The van der Waals surface area contributed by atoms with E-state index in [2.05, 4.69) is 61.3 Å². The molecule has 0 aromatic carbocycles. The summed E-state index contributed by atoms with van der Waals surface area (Å²) in [5, 5.41) is 4.27. The van der Waals surface area contributed by atoms with Crippen LogP contribution in [0.15, 0.2) is 61.1 Å². The minimum absolute atomic E-state index is 0.00490. The third kappa shape index (κ3) is 3.59. The van der Waals surface area contributed by atoms with Gasteiger partial charge in [0.25, 0.3) is 0 Å². The van der Waals surface area contributed by atoms with E-state index < -0.39 is 0 Å². The van der Waals surface area contributed by atoms with E-state index in [1.165, 1.54) is 0 Å². The fraction of sp³-hybridized carbons (Fsp3) is 0.348. The lowest BCUT2D eigenvalue weighted by Gasteiger charge is -2.30. The Hall–Kier alpha value is -2.77. The van der Waals surface area contributed by atoms with Crippen molar-refractivity contribution in [3.05, 3.63) is 78.0 Å². The molecular weight excluding hydrogens is 394 g/mol. The monoisotopic (exact) mass is 419 g/mol. The molecule has 0 saturated carbocycles. The SMILES string of the molecule is Cc1ccc(-n2cccc2[C@H]2[C@@H](c3ccccn3)NC(=S)N2C[C@@H]2CCCO2)nc1. The molecule has 0 amide bonds. The molecular formula is C23H25N5OS. The lowest BCUT2D eigenvalue weighted by Crippen LogP contribution is -2.36. The molecule has 0 spiro atoms. The highest BCUT2D eigenvalue weighted by Gasteiger charge is 2.42. The van der Waals surface area contributed by atoms with Gasteiger partial charge in [-0.2, -0.15) is 0 Å². The molecule has 2 saturated heterocycles. The lowest BCUT2D eigenvalue weighted by molar-refractivity contribution is 0.0836. The number of nitrogens with zero attached hydrogens (tertiary/aromatic N) is 4. The predicted molar refractivity (Wildman–Crippen MR) is 119 cm³/mol. The molecule has 3 atom stereocenters. The van der Waals surface area contributed by atoms with Crippen molar-refractivity contribution in [1.82, 2.24) is 24.8 Å². The van der Waals surface area contributed by atoms with E-state index in [4.69, 9.17) is 17.0 Å². The topological polar surface area (TPSA) is 55.2 Å². The summed E-state index contributed by atoms with van der Waals surface area (Å²) >= 11 is 5.79. The summed E-state index contributed by atoms with van der Waals surface area (Å²) < 4.78 is 8.09. The van der Waals surface area contributed by atoms with Crippen molar-refractivity contribution in [2.45, 2.75) is 38.0 Å². The van der Waals surface area contributed by atoms with Gasteiger partial charge in [0.2, 0.25) is 0 Å². The third-order valence-corrected chi connectivity index (χ3v) is 6.20.